The number of aliphatic hydroxyl groups excluding tert-OH is 1. The van der Waals surface area contributed by atoms with E-state index < -0.39 is 17.7 Å². The van der Waals surface area contributed by atoms with E-state index in [-0.39, 0.29) is 11.4 Å². The zero-order valence-electron chi connectivity index (χ0n) is 18.6. The number of ketones is 1. The van der Waals surface area contributed by atoms with Crippen LogP contribution in [0.5, 0.6) is 5.75 Å². The normalized spacial score (nSPS) is 16.5. The van der Waals surface area contributed by atoms with E-state index in [0.29, 0.717) is 41.6 Å². The van der Waals surface area contributed by atoms with Crippen molar-refractivity contribution in [1.82, 2.24) is 14.8 Å². The quantitative estimate of drug-likeness (QED) is 0.595. The first-order valence-corrected chi connectivity index (χ1v) is 11.2. The Morgan fingerprint density at radius 2 is 2.00 bits per heavy atom. The van der Waals surface area contributed by atoms with Gasteiger partial charge in [0.15, 0.2) is 5.76 Å². The van der Waals surface area contributed by atoms with Crippen molar-refractivity contribution >= 4 is 23.0 Å². The number of hydrogen-bond donors (Lipinski definition) is 1. The molecule has 1 unspecified atom stereocenters. The molecule has 0 bridgehead atoms. The van der Waals surface area contributed by atoms with Crippen molar-refractivity contribution in [3.63, 3.8) is 0 Å². The molecule has 0 spiro atoms. The van der Waals surface area contributed by atoms with Gasteiger partial charge in [-0.15, -0.1) is 11.3 Å². The molecular weight excluding hydrogens is 414 g/mol. The summed E-state index contributed by atoms with van der Waals surface area (Å²) in [4.78, 5) is 34.9. The summed E-state index contributed by atoms with van der Waals surface area (Å²) in [5.74, 6) is -0.797. The molecule has 0 radical (unpaired) electrons. The molecule has 1 N–H and O–H groups in total. The number of aryl methyl sites for hydroxylation is 2. The summed E-state index contributed by atoms with van der Waals surface area (Å²) in [6.07, 6.45) is 0.828. The van der Waals surface area contributed by atoms with Crippen LogP contribution in [0.3, 0.4) is 0 Å². The van der Waals surface area contributed by atoms with Gasteiger partial charge in [0.2, 0.25) is 5.78 Å². The molecule has 3 rings (SSSR count). The summed E-state index contributed by atoms with van der Waals surface area (Å²) in [6.45, 7) is 7.08. The van der Waals surface area contributed by atoms with Gasteiger partial charge >= 0.3 is 0 Å². The van der Waals surface area contributed by atoms with Crippen LogP contribution in [0.1, 0.15) is 45.3 Å². The van der Waals surface area contributed by atoms with E-state index in [1.807, 2.05) is 57.1 Å². The molecule has 1 aromatic carbocycles. The molecule has 1 aliphatic rings. The van der Waals surface area contributed by atoms with Crippen LogP contribution in [0.4, 0.5) is 0 Å². The number of carbonyl (C=O) groups is 2. The number of rotatable bonds is 9. The highest BCUT2D eigenvalue weighted by Crippen LogP contribution is 2.43. The Morgan fingerprint density at radius 1 is 1.29 bits per heavy atom. The Hall–Kier alpha value is -2.71. The van der Waals surface area contributed by atoms with Gasteiger partial charge < -0.3 is 19.6 Å². The van der Waals surface area contributed by atoms with Gasteiger partial charge in [-0.05, 0) is 40.4 Å². The smallest absolute Gasteiger partial charge is 0.290 e. The molecule has 1 aromatic heterocycles. The summed E-state index contributed by atoms with van der Waals surface area (Å²) in [7, 11) is 3.83. The van der Waals surface area contributed by atoms with E-state index in [4.69, 9.17) is 4.74 Å². The number of hydrogen-bond acceptors (Lipinski definition) is 7. The zero-order valence-corrected chi connectivity index (χ0v) is 19.5. The van der Waals surface area contributed by atoms with Crippen LogP contribution in [0.25, 0.3) is 0 Å². The fourth-order valence-electron chi connectivity index (χ4n) is 3.66. The largest absolute Gasteiger partial charge is 0.503 e. The van der Waals surface area contributed by atoms with Crippen LogP contribution in [0, 0.1) is 13.8 Å². The van der Waals surface area contributed by atoms with E-state index in [2.05, 4.69) is 4.98 Å². The van der Waals surface area contributed by atoms with Crippen LogP contribution in [-0.4, -0.2) is 65.4 Å². The molecule has 0 saturated carbocycles. The van der Waals surface area contributed by atoms with E-state index in [1.54, 1.807) is 11.8 Å². The Balaban J connectivity index is 2.12. The lowest BCUT2D eigenvalue weighted by atomic mass is 9.94. The molecule has 7 nitrogen and oxygen atoms in total. The van der Waals surface area contributed by atoms with Gasteiger partial charge in [-0.1, -0.05) is 25.1 Å². The van der Waals surface area contributed by atoms with Crippen LogP contribution >= 0.6 is 11.3 Å². The fourth-order valence-corrected chi connectivity index (χ4v) is 4.54. The number of likely N-dealkylation sites (N-methyl/N-ethyl adjacent to an activating group) is 1. The van der Waals surface area contributed by atoms with E-state index in [1.165, 1.54) is 11.3 Å². The summed E-state index contributed by atoms with van der Waals surface area (Å²) in [6, 6.07) is 6.66. The minimum absolute atomic E-state index is 0.0862. The Kier molecular flexibility index (Phi) is 7.12. The molecule has 166 valence electrons. The van der Waals surface area contributed by atoms with Crippen molar-refractivity contribution in [2.75, 3.05) is 33.8 Å². The third kappa shape index (κ3) is 4.65. The summed E-state index contributed by atoms with van der Waals surface area (Å²) >= 11 is 1.27. The molecule has 2 heterocycles. The fraction of sp³-hybridized carbons (Fsp3) is 0.435. The summed E-state index contributed by atoms with van der Waals surface area (Å²) in [5.41, 5.74) is 1.37. The number of thiazole rings is 1. The maximum absolute atomic E-state index is 13.6. The first-order chi connectivity index (χ1) is 14.8. The molecule has 8 heteroatoms. The molecule has 31 heavy (non-hydrogen) atoms. The molecule has 1 atom stereocenters. The van der Waals surface area contributed by atoms with Crippen molar-refractivity contribution in [3.05, 3.63) is 56.7 Å². The van der Waals surface area contributed by atoms with Crippen LogP contribution < -0.4 is 4.74 Å². The number of carbonyl (C=O) groups excluding carboxylic acids is 2. The van der Waals surface area contributed by atoms with E-state index in [9.17, 15) is 14.7 Å². The summed E-state index contributed by atoms with van der Waals surface area (Å²) < 4.78 is 5.93. The molecule has 1 aliphatic heterocycles. The van der Waals surface area contributed by atoms with Gasteiger partial charge in [0.25, 0.3) is 5.91 Å². The predicted octanol–water partition coefficient (Wildman–Crippen LogP) is 3.69. The standard InChI is InChI=1S/C23H29N3O4S/c1-6-13-30-17-10-8-7-9-16(17)19-18(20(27)22-14(2)24-15(3)31-22)21(28)23(29)26(19)12-11-25(4)5/h7-10,19,28H,6,11-13H2,1-5H3. The number of aromatic nitrogens is 1. The molecular formula is C23H29N3O4S. The molecule has 0 saturated heterocycles. The molecule has 0 fully saturated rings. The Morgan fingerprint density at radius 3 is 2.61 bits per heavy atom. The number of para-hydroxylation sites is 1. The third-order valence-electron chi connectivity index (χ3n) is 5.12. The Bertz CT molecular complexity index is 1010. The second kappa shape index (κ2) is 9.62. The van der Waals surface area contributed by atoms with Crippen LogP contribution in [0.15, 0.2) is 35.6 Å². The molecule has 1 amide bonds. The van der Waals surface area contributed by atoms with Crippen LogP contribution in [-0.2, 0) is 4.79 Å². The SMILES string of the molecule is CCCOc1ccccc1C1C(C(=O)c2sc(C)nc2C)=C(O)C(=O)N1CCN(C)C. The first kappa shape index (κ1) is 23.0. The monoisotopic (exact) mass is 443 g/mol. The van der Waals surface area contributed by atoms with Crippen molar-refractivity contribution < 1.29 is 19.4 Å². The second-order valence-corrected chi connectivity index (χ2v) is 9.03. The highest BCUT2D eigenvalue weighted by molar-refractivity contribution is 7.14. The lowest BCUT2D eigenvalue weighted by Crippen LogP contribution is -2.36. The van der Waals surface area contributed by atoms with Gasteiger partial charge in [-0.25, -0.2) is 4.98 Å². The third-order valence-corrected chi connectivity index (χ3v) is 6.19. The maximum atomic E-state index is 13.6. The average Bonchev–Trinajstić information content (AvgIpc) is 3.20. The van der Waals surface area contributed by atoms with Crippen LogP contribution in [0.2, 0.25) is 0 Å². The minimum atomic E-state index is -0.727. The minimum Gasteiger partial charge on any atom is -0.503 e. The van der Waals surface area contributed by atoms with Gasteiger partial charge in [0.05, 0.1) is 33.8 Å². The summed E-state index contributed by atoms with van der Waals surface area (Å²) in [5, 5.41) is 11.6. The second-order valence-electron chi connectivity index (χ2n) is 7.83. The number of nitrogens with zero attached hydrogens (tertiary/aromatic N) is 3. The number of ether oxygens (including phenoxy) is 1. The molecule has 2 aromatic rings. The Labute approximate surface area is 187 Å². The van der Waals surface area contributed by atoms with Crippen molar-refractivity contribution in [1.29, 1.82) is 0 Å². The maximum Gasteiger partial charge on any atom is 0.290 e. The number of amides is 1. The van der Waals surface area contributed by atoms with E-state index >= 15 is 0 Å². The van der Waals surface area contributed by atoms with Gasteiger partial charge in [-0.3, -0.25) is 9.59 Å². The average molecular weight is 444 g/mol. The lowest BCUT2D eigenvalue weighted by molar-refractivity contribution is -0.129. The van der Waals surface area contributed by atoms with Gasteiger partial charge in [0, 0.05) is 18.7 Å². The predicted molar refractivity (Wildman–Crippen MR) is 121 cm³/mol. The van der Waals surface area contributed by atoms with Crippen molar-refractivity contribution in [2.24, 2.45) is 0 Å². The van der Waals surface area contributed by atoms with Gasteiger partial charge in [-0.2, -0.15) is 0 Å². The van der Waals surface area contributed by atoms with Crippen molar-refractivity contribution in [3.8, 4) is 5.75 Å². The zero-order chi connectivity index (χ0) is 22.7. The number of Topliss-reactive ketones (excluding diaryl/α,β-unsaturated/α-hetero) is 1. The van der Waals surface area contributed by atoms with E-state index in [0.717, 1.165) is 11.4 Å². The highest BCUT2D eigenvalue weighted by atomic mass is 32.1. The molecule has 0 aliphatic carbocycles. The highest BCUT2D eigenvalue weighted by Gasteiger charge is 2.45. The lowest BCUT2D eigenvalue weighted by Gasteiger charge is -2.29. The number of aliphatic hydroxyl groups is 1. The van der Waals surface area contributed by atoms with Crippen molar-refractivity contribution in [2.45, 2.75) is 33.2 Å². The van der Waals surface area contributed by atoms with Gasteiger partial charge in [0.1, 0.15) is 5.75 Å². The topological polar surface area (TPSA) is 83.0 Å². The number of benzene rings is 1. The first-order valence-electron chi connectivity index (χ1n) is 10.4.